The predicted molar refractivity (Wildman–Crippen MR) is 80.8 cm³/mol. The molecule has 19 heavy (non-hydrogen) atoms. The number of rotatable bonds is 3. The summed E-state index contributed by atoms with van der Waals surface area (Å²) in [5.41, 5.74) is 1.31. The fourth-order valence-corrected chi connectivity index (χ4v) is 2.62. The van der Waals surface area contributed by atoms with Crippen molar-refractivity contribution >= 4 is 45.0 Å². The van der Waals surface area contributed by atoms with E-state index in [1.54, 1.807) is 30.5 Å². The summed E-state index contributed by atoms with van der Waals surface area (Å²) in [6, 6.07) is 6.72. The quantitative estimate of drug-likeness (QED) is 0.825. The van der Waals surface area contributed by atoms with Crippen LogP contribution in [0, 0.1) is 0 Å². The highest BCUT2D eigenvalue weighted by Crippen LogP contribution is 2.26. The van der Waals surface area contributed by atoms with Crippen LogP contribution in [0.4, 0.5) is 0 Å². The standard InChI is InChI=1S/C13H11BrCl2N2O/c1-7(10-3-2-9(15)5-11(10)16)18-13(19)12-4-8(14)6-17-12/h2-7,17H,1H3,(H,18,19). The van der Waals surface area contributed by atoms with Crippen molar-refractivity contribution in [3.05, 3.63) is 56.2 Å². The molecule has 0 aliphatic rings. The number of hydrogen-bond donors (Lipinski definition) is 2. The number of amides is 1. The first kappa shape index (κ1) is 14.4. The smallest absolute Gasteiger partial charge is 0.268 e. The van der Waals surface area contributed by atoms with Crippen LogP contribution >= 0.6 is 39.1 Å². The molecule has 0 spiro atoms. The highest BCUT2D eigenvalue weighted by Gasteiger charge is 2.15. The van der Waals surface area contributed by atoms with Gasteiger partial charge >= 0.3 is 0 Å². The zero-order valence-electron chi connectivity index (χ0n) is 10.0. The summed E-state index contributed by atoms with van der Waals surface area (Å²) >= 11 is 15.2. The van der Waals surface area contributed by atoms with Crippen LogP contribution in [-0.2, 0) is 0 Å². The van der Waals surface area contributed by atoms with Crippen LogP contribution in [0.15, 0.2) is 34.9 Å². The van der Waals surface area contributed by atoms with Crippen LogP contribution in [0.3, 0.4) is 0 Å². The monoisotopic (exact) mass is 360 g/mol. The Morgan fingerprint density at radius 2 is 2.11 bits per heavy atom. The van der Waals surface area contributed by atoms with Crippen molar-refractivity contribution in [2.24, 2.45) is 0 Å². The van der Waals surface area contributed by atoms with Gasteiger partial charge < -0.3 is 10.3 Å². The summed E-state index contributed by atoms with van der Waals surface area (Å²) in [7, 11) is 0. The molecule has 0 fully saturated rings. The fourth-order valence-electron chi connectivity index (χ4n) is 1.70. The Balaban J connectivity index is 2.12. The first-order valence-corrected chi connectivity index (χ1v) is 7.12. The van der Waals surface area contributed by atoms with E-state index in [9.17, 15) is 4.79 Å². The van der Waals surface area contributed by atoms with Gasteiger partial charge in [0.05, 0.1) is 6.04 Å². The maximum atomic E-state index is 12.0. The molecule has 1 amide bonds. The zero-order valence-corrected chi connectivity index (χ0v) is 13.1. The van der Waals surface area contributed by atoms with E-state index >= 15 is 0 Å². The molecular weight excluding hydrogens is 351 g/mol. The van der Waals surface area contributed by atoms with Crippen LogP contribution in [0.25, 0.3) is 0 Å². The molecule has 0 bridgehead atoms. The number of H-pyrrole nitrogens is 1. The number of aromatic amines is 1. The lowest BCUT2D eigenvalue weighted by Crippen LogP contribution is -2.27. The number of nitrogens with one attached hydrogen (secondary N) is 2. The Hall–Kier alpha value is -0.970. The van der Waals surface area contributed by atoms with Gasteiger partial charge in [-0.05, 0) is 46.6 Å². The van der Waals surface area contributed by atoms with Crippen molar-refractivity contribution in [1.82, 2.24) is 10.3 Å². The van der Waals surface area contributed by atoms with Gasteiger partial charge in [-0.25, -0.2) is 0 Å². The number of carbonyl (C=O) groups excluding carboxylic acids is 1. The van der Waals surface area contributed by atoms with E-state index in [2.05, 4.69) is 26.2 Å². The average Bonchev–Trinajstić information content (AvgIpc) is 2.75. The average molecular weight is 362 g/mol. The Morgan fingerprint density at radius 1 is 1.37 bits per heavy atom. The normalized spacial score (nSPS) is 12.2. The minimum absolute atomic E-state index is 0.191. The second-order valence-corrected chi connectivity index (χ2v) is 5.85. The van der Waals surface area contributed by atoms with Gasteiger partial charge in [0, 0.05) is 20.7 Å². The Morgan fingerprint density at radius 3 is 2.68 bits per heavy atom. The van der Waals surface area contributed by atoms with Crippen LogP contribution < -0.4 is 5.32 Å². The molecular formula is C13H11BrCl2N2O. The molecule has 2 rings (SSSR count). The summed E-state index contributed by atoms with van der Waals surface area (Å²) in [6.07, 6.45) is 1.70. The second-order valence-electron chi connectivity index (χ2n) is 4.09. The van der Waals surface area contributed by atoms with Gasteiger partial charge in [-0.15, -0.1) is 0 Å². The second kappa shape index (κ2) is 5.99. The van der Waals surface area contributed by atoms with E-state index in [1.807, 2.05) is 6.92 Å². The van der Waals surface area contributed by atoms with E-state index in [-0.39, 0.29) is 11.9 Å². The molecule has 6 heteroatoms. The Labute approximate surface area is 129 Å². The van der Waals surface area contributed by atoms with Crippen LogP contribution in [0.5, 0.6) is 0 Å². The first-order valence-electron chi connectivity index (χ1n) is 5.57. The summed E-state index contributed by atoms with van der Waals surface area (Å²) < 4.78 is 0.829. The first-order chi connectivity index (χ1) is 8.97. The topological polar surface area (TPSA) is 44.9 Å². The summed E-state index contributed by atoms with van der Waals surface area (Å²) in [5, 5.41) is 3.97. The molecule has 1 aromatic carbocycles. The highest BCUT2D eigenvalue weighted by atomic mass is 79.9. The molecule has 0 saturated heterocycles. The Kier molecular flexibility index (Phi) is 4.55. The van der Waals surface area contributed by atoms with Gasteiger partial charge in [0.25, 0.3) is 5.91 Å². The van der Waals surface area contributed by atoms with Crippen LogP contribution in [-0.4, -0.2) is 10.9 Å². The van der Waals surface area contributed by atoms with Gasteiger partial charge in [-0.1, -0.05) is 29.3 Å². The molecule has 0 aliphatic carbocycles. The lowest BCUT2D eigenvalue weighted by molar-refractivity contribution is 0.0935. The van der Waals surface area contributed by atoms with E-state index in [1.165, 1.54) is 0 Å². The minimum atomic E-state index is -0.209. The van der Waals surface area contributed by atoms with Crippen molar-refractivity contribution in [3.63, 3.8) is 0 Å². The molecule has 0 aliphatic heterocycles. The van der Waals surface area contributed by atoms with Crippen molar-refractivity contribution in [2.45, 2.75) is 13.0 Å². The van der Waals surface area contributed by atoms with Gasteiger partial charge in [0.1, 0.15) is 5.69 Å². The molecule has 1 unspecified atom stereocenters. The van der Waals surface area contributed by atoms with Crippen LogP contribution in [0.1, 0.15) is 29.0 Å². The number of aromatic nitrogens is 1. The van der Waals surface area contributed by atoms with E-state index in [0.717, 1.165) is 10.0 Å². The molecule has 0 radical (unpaired) electrons. The molecule has 1 atom stereocenters. The third kappa shape index (κ3) is 3.53. The molecule has 0 saturated carbocycles. The largest absolute Gasteiger partial charge is 0.356 e. The molecule has 100 valence electrons. The molecule has 2 aromatic rings. The SMILES string of the molecule is CC(NC(=O)c1cc(Br)c[nH]1)c1ccc(Cl)cc1Cl. The third-order valence-electron chi connectivity index (χ3n) is 2.67. The van der Waals surface area contributed by atoms with Gasteiger partial charge in [0.15, 0.2) is 0 Å². The zero-order chi connectivity index (χ0) is 14.0. The van der Waals surface area contributed by atoms with Crippen molar-refractivity contribution in [3.8, 4) is 0 Å². The van der Waals surface area contributed by atoms with E-state index in [0.29, 0.717) is 15.7 Å². The fraction of sp³-hybridized carbons (Fsp3) is 0.154. The summed E-state index contributed by atoms with van der Waals surface area (Å²) in [4.78, 5) is 14.9. The van der Waals surface area contributed by atoms with Crippen LogP contribution in [0.2, 0.25) is 10.0 Å². The van der Waals surface area contributed by atoms with Gasteiger partial charge in [-0.3, -0.25) is 4.79 Å². The minimum Gasteiger partial charge on any atom is -0.356 e. The third-order valence-corrected chi connectivity index (χ3v) is 3.69. The highest BCUT2D eigenvalue weighted by molar-refractivity contribution is 9.10. The lowest BCUT2D eigenvalue weighted by atomic mass is 10.1. The summed E-state index contributed by atoms with van der Waals surface area (Å²) in [5.74, 6) is -0.191. The predicted octanol–water partition coefficient (Wildman–Crippen LogP) is 4.58. The Bertz CT molecular complexity index is 612. The maximum Gasteiger partial charge on any atom is 0.268 e. The van der Waals surface area contributed by atoms with Gasteiger partial charge in [-0.2, -0.15) is 0 Å². The number of carbonyl (C=O) groups is 1. The summed E-state index contributed by atoms with van der Waals surface area (Å²) in [6.45, 7) is 1.87. The lowest BCUT2D eigenvalue weighted by Gasteiger charge is -2.15. The molecule has 2 N–H and O–H groups in total. The van der Waals surface area contributed by atoms with E-state index < -0.39 is 0 Å². The van der Waals surface area contributed by atoms with Crippen molar-refractivity contribution < 1.29 is 4.79 Å². The molecule has 1 aromatic heterocycles. The number of hydrogen-bond acceptors (Lipinski definition) is 1. The van der Waals surface area contributed by atoms with Crippen molar-refractivity contribution in [1.29, 1.82) is 0 Å². The molecule has 3 nitrogen and oxygen atoms in total. The maximum absolute atomic E-state index is 12.0. The number of benzene rings is 1. The van der Waals surface area contributed by atoms with E-state index in [4.69, 9.17) is 23.2 Å². The number of halogens is 3. The van der Waals surface area contributed by atoms with Crippen molar-refractivity contribution in [2.75, 3.05) is 0 Å². The molecule has 1 heterocycles. The van der Waals surface area contributed by atoms with Gasteiger partial charge in [0.2, 0.25) is 0 Å².